The Hall–Kier alpha value is -3.94. The summed E-state index contributed by atoms with van der Waals surface area (Å²) in [7, 11) is 0. The predicted octanol–water partition coefficient (Wildman–Crippen LogP) is 2.40. The lowest BCUT2D eigenvalue weighted by molar-refractivity contribution is -0.111. The minimum Gasteiger partial charge on any atom is -0.472 e. The molecule has 2 aromatic heterocycles. The minimum atomic E-state index is -0.430. The number of furan rings is 1. The van der Waals surface area contributed by atoms with Crippen molar-refractivity contribution < 1.29 is 9.21 Å². The van der Waals surface area contributed by atoms with Crippen molar-refractivity contribution in [2.75, 3.05) is 11.1 Å². The quantitative estimate of drug-likeness (QED) is 0.312. The monoisotopic (exact) mass is 362 g/mol. The fraction of sp³-hybridized carbons (Fsp3) is 0.0526. The number of rotatable bonds is 5. The first-order valence-corrected chi connectivity index (χ1v) is 8.02. The summed E-state index contributed by atoms with van der Waals surface area (Å²) in [6.45, 7) is 1.62. The van der Waals surface area contributed by atoms with E-state index in [0.717, 1.165) is 0 Å². The van der Waals surface area contributed by atoms with Crippen molar-refractivity contribution in [1.82, 2.24) is 9.97 Å². The maximum absolute atomic E-state index is 12.7. The maximum atomic E-state index is 12.7. The molecule has 0 atom stereocenters. The summed E-state index contributed by atoms with van der Waals surface area (Å²) < 4.78 is 5.01. The molecule has 0 bridgehead atoms. The van der Waals surface area contributed by atoms with Crippen LogP contribution >= 0.6 is 0 Å². The number of nitrogen functional groups attached to an aromatic ring is 1. The Morgan fingerprint density at radius 1 is 1.26 bits per heavy atom. The molecule has 27 heavy (non-hydrogen) atoms. The summed E-state index contributed by atoms with van der Waals surface area (Å²) in [5.74, 6) is -0.430. The van der Waals surface area contributed by atoms with Gasteiger partial charge >= 0.3 is 0 Å². The SMILES string of the molecule is CC(N)=C(C(=O)Nc1ccc(N)c(C(=N)c2ccoc2)c1)c1cnccn1. The van der Waals surface area contributed by atoms with Crippen molar-refractivity contribution in [3.05, 3.63) is 77.9 Å². The molecule has 136 valence electrons. The standard InChI is InChI=1S/C19H18N6O2/c1-11(20)17(16-9-23-5-6-24-16)19(26)25-13-2-3-15(21)14(8-13)18(22)12-4-7-27-10-12/h2-10,22H,20-21H2,1H3,(H,25,26). The molecule has 1 amide bonds. The average Bonchev–Trinajstić information content (AvgIpc) is 3.18. The van der Waals surface area contributed by atoms with E-state index in [9.17, 15) is 4.79 Å². The summed E-state index contributed by atoms with van der Waals surface area (Å²) in [5.41, 5.74) is 14.9. The first-order chi connectivity index (χ1) is 13.0. The zero-order valence-electron chi connectivity index (χ0n) is 14.6. The van der Waals surface area contributed by atoms with E-state index >= 15 is 0 Å². The summed E-state index contributed by atoms with van der Waals surface area (Å²) in [6.07, 6.45) is 7.40. The summed E-state index contributed by atoms with van der Waals surface area (Å²) >= 11 is 0. The highest BCUT2D eigenvalue weighted by atomic mass is 16.3. The van der Waals surface area contributed by atoms with Crippen LogP contribution in [0.4, 0.5) is 11.4 Å². The molecule has 0 aliphatic carbocycles. The highest BCUT2D eigenvalue weighted by Crippen LogP contribution is 2.23. The largest absolute Gasteiger partial charge is 0.472 e. The third-order valence-electron chi connectivity index (χ3n) is 3.83. The van der Waals surface area contributed by atoms with Gasteiger partial charge in [-0.3, -0.25) is 20.2 Å². The van der Waals surface area contributed by atoms with Crippen LogP contribution in [0, 0.1) is 5.41 Å². The van der Waals surface area contributed by atoms with Gasteiger partial charge in [-0.2, -0.15) is 0 Å². The predicted molar refractivity (Wildman–Crippen MR) is 103 cm³/mol. The van der Waals surface area contributed by atoms with E-state index in [1.807, 2.05) is 0 Å². The molecule has 0 fully saturated rings. The molecule has 3 rings (SSSR count). The molecule has 3 aromatic rings. The molecule has 1 aromatic carbocycles. The molecule has 8 nitrogen and oxygen atoms in total. The number of benzene rings is 1. The first kappa shape index (κ1) is 17.9. The van der Waals surface area contributed by atoms with Crippen LogP contribution in [0.5, 0.6) is 0 Å². The van der Waals surface area contributed by atoms with Gasteiger partial charge in [0.15, 0.2) is 0 Å². The fourth-order valence-corrected chi connectivity index (χ4v) is 2.53. The molecule has 0 radical (unpaired) electrons. The first-order valence-electron chi connectivity index (χ1n) is 8.02. The minimum absolute atomic E-state index is 0.192. The van der Waals surface area contributed by atoms with Gasteiger partial charge in [-0.05, 0) is 31.2 Å². The topological polar surface area (TPSA) is 144 Å². The molecule has 0 saturated heterocycles. The molecule has 8 heteroatoms. The number of nitrogens with one attached hydrogen (secondary N) is 2. The van der Waals surface area contributed by atoms with Crippen molar-refractivity contribution in [2.45, 2.75) is 6.92 Å². The lowest BCUT2D eigenvalue weighted by atomic mass is 10.0. The third kappa shape index (κ3) is 3.84. The summed E-state index contributed by atoms with van der Waals surface area (Å²) in [6, 6.07) is 6.57. The van der Waals surface area contributed by atoms with Crippen LogP contribution < -0.4 is 16.8 Å². The lowest BCUT2D eigenvalue weighted by Crippen LogP contribution is -2.18. The molecule has 0 aliphatic heterocycles. The number of carbonyl (C=O) groups is 1. The second-order valence-electron chi connectivity index (χ2n) is 5.79. The Morgan fingerprint density at radius 3 is 2.70 bits per heavy atom. The van der Waals surface area contributed by atoms with E-state index in [1.165, 1.54) is 31.1 Å². The van der Waals surface area contributed by atoms with Crippen LogP contribution in [0.15, 0.2) is 65.5 Å². The van der Waals surface area contributed by atoms with Gasteiger partial charge in [-0.15, -0.1) is 0 Å². The number of amides is 1. The third-order valence-corrected chi connectivity index (χ3v) is 3.83. The highest BCUT2D eigenvalue weighted by molar-refractivity contribution is 6.25. The van der Waals surface area contributed by atoms with Gasteiger partial charge in [-0.1, -0.05) is 0 Å². The number of hydrogen-bond acceptors (Lipinski definition) is 7. The molecule has 6 N–H and O–H groups in total. The number of carbonyl (C=O) groups excluding carboxylic acids is 1. The van der Waals surface area contributed by atoms with Crippen molar-refractivity contribution in [3.63, 3.8) is 0 Å². The van der Waals surface area contributed by atoms with Crippen LogP contribution in [0.25, 0.3) is 5.57 Å². The van der Waals surface area contributed by atoms with E-state index < -0.39 is 5.91 Å². The lowest BCUT2D eigenvalue weighted by Gasteiger charge is -2.12. The van der Waals surface area contributed by atoms with E-state index in [0.29, 0.717) is 33.9 Å². The van der Waals surface area contributed by atoms with Gasteiger partial charge < -0.3 is 21.2 Å². The Kier molecular flexibility index (Phi) is 4.98. The average molecular weight is 362 g/mol. The second-order valence-corrected chi connectivity index (χ2v) is 5.79. The van der Waals surface area contributed by atoms with Crippen molar-refractivity contribution in [1.29, 1.82) is 5.41 Å². The van der Waals surface area contributed by atoms with Gasteiger partial charge in [0, 0.05) is 40.6 Å². The van der Waals surface area contributed by atoms with E-state index in [-0.39, 0.29) is 11.3 Å². The normalized spacial score (nSPS) is 11.6. The number of hydrogen-bond donors (Lipinski definition) is 4. The fourth-order valence-electron chi connectivity index (χ4n) is 2.53. The number of aromatic nitrogens is 2. The molecule has 0 saturated carbocycles. The Balaban J connectivity index is 1.89. The molecule has 0 spiro atoms. The van der Waals surface area contributed by atoms with Gasteiger partial charge in [-0.25, -0.2) is 0 Å². The highest BCUT2D eigenvalue weighted by Gasteiger charge is 2.17. The number of nitrogens with zero attached hydrogens (tertiary/aromatic N) is 2. The van der Waals surface area contributed by atoms with Crippen LogP contribution in [0.3, 0.4) is 0 Å². The van der Waals surface area contributed by atoms with Crippen LogP contribution in [-0.4, -0.2) is 21.6 Å². The van der Waals surface area contributed by atoms with Gasteiger partial charge in [0.2, 0.25) is 0 Å². The molecular weight excluding hydrogens is 344 g/mol. The van der Waals surface area contributed by atoms with Gasteiger partial charge in [0.25, 0.3) is 5.91 Å². The van der Waals surface area contributed by atoms with Crippen molar-refractivity contribution in [3.8, 4) is 0 Å². The van der Waals surface area contributed by atoms with Gasteiger partial charge in [0.05, 0.1) is 35.7 Å². The van der Waals surface area contributed by atoms with E-state index in [1.54, 1.807) is 31.2 Å². The zero-order chi connectivity index (χ0) is 19.4. The van der Waals surface area contributed by atoms with E-state index in [4.69, 9.17) is 21.3 Å². The van der Waals surface area contributed by atoms with Gasteiger partial charge in [0.1, 0.15) is 0 Å². The molecule has 0 aliphatic rings. The van der Waals surface area contributed by atoms with Crippen LogP contribution in [0.1, 0.15) is 23.7 Å². The van der Waals surface area contributed by atoms with Crippen molar-refractivity contribution >= 4 is 28.6 Å². The Labute approximate surface area is 155 Å². The number of allylic oxidation sites excluding steroid dienone is 1. The van der Waals surface area contributed by atoms with Crippen molar-refractivity contribution in [2.24, 2.45) is 5.73 Å². The zero-order valence-corrected chi connectivity index (χ0v) is 14.6. The second kappa shape index (κ2) is 7.52. The smallest absolute Gasteiger partial charge is 0.259 e. The van der Waals surface area contributed by atoms with Crippen LogP contribution in [-0.2, 0) is 4.79 Å². The van der Waals surface area contributed by atoms with E-state index in [2.05, 4.69) is 15.3 Å². The molecule has 0 unspecified atom stereocenters. The summed E-state index contributed by atoms with van der Waals surface area (Å²) in [4.78, 5) is 20.8. The molecular formula is C19H18N6O2. The Morgan fingerprint density at radius 2 is 2.07 bits per heavy atom. The molecule has 2 heterocycles. The number of nitrogens with two attached hydrogens (primary N) is 2. The Bertz CT molecular complexity index is 1010. The number of anilines is 2. The van der Waals surface area contributed by atoms with Crippen LogP contribution in [0.2, 0.25) is 0 Å². The summed E-state index contributed by atoms with van der Waals surface area (Å²) in [5, 5.41) is 11.1. The maximum Gasteiger partial charge on any atom is 0.259 e.